The summed E-state index contributed by atoms with van der Waals surface area (Å²) in [7, 11) is 0. The molecule has 0 aliphatic heterocycles. The van der Waals surface area contributed by atoms with E-state index in [0.717, 1.165) is 16.7 Å². The van der Waals surface area contributed by atoms with E-state index >= 15 is 0 Å². The third-order valence-corrected chi connectivity index (χ3v) is 6.79. The summed E-state index contributed by atoms with van der Waals surface area (Å²) in [6.07, 6.45) is 4.32. The molecule has 1 unspecified atom stereocenters. The van der Waals surface area contributed by atoms with Crippen molar-refractivity contribution in [2.24, 2.45) is 5.73 Å². The molecule has 1 aromatic heterocycles. The molecule has 1 saturated carbocycles. The van der Waals surface area contributed by atoms with Gasteiger partial charge in [0.2, 0.25) is 5.92 Å². The van der Waals surface area contributed by atoms with Crippen LogP contribution in [0.4, 0.5) is 13.2 Å². The van der Waals surface area contributed by atoms with Gasteiger partial charge in [-0.25, -0.2) is 13.2 Å². The van der Waals surface area contributed by atoms with Crippen molar-refractivity contribution in [3.8, 4) is 0 Å². The van der Waals surface area contributed by atoms with Crippen LogP contribution in [0.2, 0.25) is 0 Å². The summed E-state index contributed by atoms with van der Waals surface area (Å²) in [6, 6.07) is 9.82. The zero-order valence-corrected chi connectivity index (χ0v) is 25.5. The second-order valence-corrected chi connectivity index (χ2v) is 10.6. The van der Waals surface area contributed by atoms with Crippen LogP contribution >= 0.6 is 0 Å². The summed E-state index contributed by atoms with van der Waals surface area (Å²) < 4.78 is 42.3. The standard InChI is InChI=1S/C28H34F3N3O.C3H8.C2H6/c1-6-19(7-2)20-9-8-10-21(17-20)24(27(32)13-15-28(30,31)16-14-27)34-25(35)22-11-12-23(26(4,5)29)33-18(22)3;1-3-2;1-2/h6-12,17,24H,1,13-16,32H2,2-5H3,(H,34,35);3H2,1-2H3;1-2H3/b19-7+;;. The van der Waals surface area contributed by atoms with Crippen LogP contribution in [0.15, 0.2) is 55.1 Å². The second-order valence-electron chi connectivity index (χ2n) is 10.6. The normalized spacial score (nSPS) is 16.9. The molecular weight excluding hydrogens is 511 g/mol. The summed E-state index contributed by atoms with van der Waals surface area (Å²) in [6.45, 7) is 18.4. The number of aryl methyl sites for hydroxylation is 1. The zero-order chi connectivity index (χ0) is 30.7. The lowest BCUT2D eigenvalue weighted by atomic mass is 9.73. The van der Waals surface area contributed by atoms with Gasteiger partial charge in [0.1, 0.15) is 5.67 Å². The Hall–Kier alpha value is -2.93. The van der Waals surface area contributed by atoms with E-state index in [0.29, 0.717) is 5.69 Å². The Balaban J connectivity index is 0.00000150. The Bertz CT molecular complexity index is 1140. The number of rotatable bonds is 7. The van der Waals surface area contributed by atoms with E-state index in [-0.39, 0.29) is 36.9 Å². The Labute approximate surface area is 239 Å². The highest BCUT2D eigenvalue weighted by Crippen LogP contribution is 2.43. The largest absolute Gasteiger partial charge is 0.343 e. The van der Waals surface area contributed by atoms with Crippen molar-refractivity contribution >= 4 is 11.5 Å². The van der Waals surface area contributed by atoms with Gasteiger partial charge in [-0.2, -0.15) is 0 Å². The van der Waals surface area contributed by atoms with E-state index in [9.17, 15) is 18.0 Å². The van der Waals surface area contributed by atoms with Gasteiger partial charge >= 0.3 is 0 Å². The number of benzene rings is 1. The number of allylic oxidation sites excluding steroid dienone is 3. The summed E-state index contributed by atoms with van der Waals surface area (Å²) >= 11 is 0. The summed E-state index contributed by atoms with van der Waals surface area (Å²) in [5.41, 5.74) is 7.43. The van der Waals surface area contributed by atoms with E-state index in [2.05, 4.69) is 30.7 Å². The molecule has 1 amide bonds. The zero-order valence-electron chi connectivity index (χ0n) is 25.5. The van der Waals surface area contributed by atoms with E-state index in [1.165, 1.54) is 32.4 Å². The highest BCUT2D eigenvalue weighted by atomic mass is 19.3. The molecule has 1 heterocycles. The molecule has 40 heavy (non-hydrogen) atoms. The molecule has 222 valence electrons. The van der Waals surface area contributed by atoms with Gasteiger partial charge in [0, 0.05) is 18.4 Å². The number of nitrogens with two attached hydrogens (primary N) is 1. The van der Waals surface area contributed by atoms with Crippen LogP contribution in [0, 0.1) is 6.92 Å². The fourth-order valence-electron chi connectivity index (χ4n) is 4.57. The van der Waals surface area contributed by atoms with Crippen LogP contribution < -0.4 is 11.1 Å². The SMILES string of the molecule is C=C/C(=C\C)c1cccc(C(NC(=O)c2ccc(C(C)(C)F)nc2C)C2(N)CCC(F)(F)CC2)c1.CC.CCC. The van der Waals surface area contributed by atoms with Crippen LogP contribution in [0.1, 0.15) is 119 Å². The maximum atomic E-state index is 14.3. The number of nitrogens with one attached hydrogen (secondary N) is 1. The number of hydrogen-bond donors (Lipinski definition) is 2. The molecule has 1 atom stereocenters. The van der Waals surface area contributed by atoms with Crippen molar-refractivity contribution in [1.29, 1.82) is 0 Å². The predicted octanol–water partition coefficient (Wildman–Crippen LogP) is 9.00. The number of halogens is 3. The van der Waals surface area contributed by atoms with Gasteiger partial charge in [0.25, 0.3) is 5.91 Å². The van der Waals surface area contributed by atoms with E-state index in [1.54, 1.807) is 13.0 Å². The van der Waals surface area contributed by atoms with Gasteiger partial charge in [-0.15, -0.1) is 0 Å². The molecular formula is C33H48F3N3O. The number of aromatic nitrogens is 1. The topological polar surface area (TPSA) is 68.0 Å². The number of hydrogen-bond acceptors (Lipinski definition) is 3. The van der Waals surface area contributed by atoms with Crippen LogP contribution in [0.5, 0.6) is 0 Å². The third kappa shape index (κ3) is 9.33. The van der Waals surface area contributed by atoms with E-state index in [1.807, 2.05) is 51.1 Å². The molecule has 3 N–H and O–H groups in total. The predicted molar refractivity (Wildman–Crippen MR) is 161 cm³/mol. The molecule has 2 aromatic rings. The Morgan fingerprint density at radius 3 is 2.20 bits per heavy atom. The average Bonchev–Trinajstić information content (AvgIpc) is 2.91. The number of alkyl halides is 3. The van der Waals surface area contributed by atoms with Crippen LogP contribution in [0.3, 0.4) is 0 Å². The Kier molecular flexibility index (Phi) is 13.3. The first-order valence-corrected chi connectivity index (χ1v) is 14.2. The lowest BCUT2D eigenvalue weighted by molar-refractivity contribution is -0.0551. The van der Waals surface area contributed by atoms with Gasteiger partial charge in [0.15, 0.2) is 0 Å². The van der Waals surface area contributed by atoms with Crippen molar-refractivity contribution in [1.82, 2.24) is 10.3 Å². The number of pyridine rings is 1. The van der Waals surface area contributed by atoms with Crippen molar-refractivity contribution in [2.75, 3.05) is 0 Å². The van der Waals surface area contributed by atoms with Crippen LogP contribution in [-0.2, 0) is 5.67 Å². The van der Waals surface area contributed by atoms with Crippen molar-refractivity contribution in [3.05, 3.63) is 83.2 Å². The number of nitrogens with zero attached hydrogens (tertiary/aromatic N) is 1. The summed E-state index contributed by atoms with van der Waals surface area (Å²) in [5.74, 6) is -3.21. The van der Waals surface area contributed by atoms with Gasteiger partial charge in [-0.3, -0.25) is 9.78 Å². The molecule has 1 fully saturated rings. The maximum Gasteiger partial charge on any atom is 0.253 e. The van der Waals surface area contributed by atoms with Crippen molar-refractivity contribution < 1.29 is 18.0 Å². The molecule has 3 rings (SSSR count). The Morgan fingerprint density at radius 1 is 1.15 bits per heavy atom. The fourth-order valence-corrected chi connectivity index (χ4v) is 4.57. The number of carbonyl (C=O) groups is 1. The smallest absolute Gasteiger partial charge is 0.253 e. The fraction of sp³-hybridized carbons (Fsp3) is 0.515. The number of amides is 1. The average molecular weight is 560 g/mol. The third-order valence-electron chi connectivity index (χ3n) is 6.79. The molecule has 1 aromatic carbocycles. The van der Waals surface area contributed by atoms with Gasteiger partial charge in [0.05, 0.1) is 23.0 Å². The molecule has 7 heteroatoms. The van der Waals surface area contributed by atoms with Crippen molar-refractivity contribution in [2.45, 2.75) is 111 Å². The van der Waals surface area contributed by atoms with Crippen LogP contribution in [0.25, 0.3) is 5.57 Å². The molecule has 0 radical (unpaired) electrons. The highest BCUT2D eigenvalue weighted by molar-refractivity contribution is 5.95. The first-order chi connectivity index (χ1) is 18.7. The summed E-state index contributed by atoms with van der Waals surface area (Å²) in [4.78, 5) is 17.6. The molecule has 0 saturated heterocycles. The second kappa shape index (κ2) is 15.2. The van der Waals surface area contributed by atoms with Crippen molar-refractivity contribution in [3.63, 3.8) is 0 Å². The summed E-state index contributed by atoms with van der Waals surface area (Å²) in [5, 5.41) is 3.00. The first-order valence-electron chi connectivity index (χ1n) is 14.2. The monoisotopic (exact) mass is 559 g/mol. The molecule has 0 spiro atoms. The lowest BCUT2D eigenvalue weighted by Crippen LogP contribution is -2.56. The van der Waals surface area contributed by atoms with Gasteiger partial charge < -0.3 is 11.1 Å². The molecule has 0 bridgehead atoms. The minimum atomic E-state index is -2.77. The van der Waals surface area contributed by atoms with Gasteiger partial charge in [-0.1, -0.05) is 71.0 Å². The quantitative estimate of drug-likeness (QED) is 0.333. The first kappa shape index (κ1) is 35.1. The minimum Gasteiger partial charge on any atom is -0.343 e. The molecule has 4 nitrogen and oxygen atoms in total. The lowest BCUT2D eigenvalue weighted by Gasteiger charge is -2.43. The molecule has 1 aliphatic rings. The Morgan fingerprint density at radius 2 is 1.73 bits per heavy atom. The van der Waals surface area contributed by atoms with E-state index < -0.39 is 29.1 Å². The van der Waals surface area contributed by atoms with Crippen LogP contribution in [-0.4, -0.2) is 22.4 Å². The minimum absolute atomic E-state index is 0.0549. The maximum absolute atomic E-state index is 14.3. The van der Waals surface area contributed by atoms with Gasteiger partial charge in [-0.05, 0) is 75.4 Å². The highest BCUT2D eigenvalue weighted by Gasteiger charge is 2.46. The van der Waals surface area contributed by atoms with E-state index in [4.69, 9.17) is 5.73 Å². The number of carbonyl (C=O) groups excluding carboxylic acids is 1. The molecule has 1 aliphatic carbocycles.